The number of anilines is 1. The number of hydrogen-bond acceptors (Lipinski definition) is 4. The van der Waals surface area contributed by atoms with Gasteiger partial charge in [0.2, 0.25) is 0 Å². The Labute approximate surface area is 143 Å². The van der Waals surface area contributed by atoms with Gasteiger partial charge in [0.05, 0.1) is 13.2 Å². The van der Waals surface area contributed by atoms with Gasteiger partial charge in [0.25, 0.3) is 0 Å². The molecule has 1 atom stereocenters. The lowest BCUT2D eigenvalue weighted by molar-refractivity contribution is 0.122. The standard InChI is InChI=1S/C19H27N3O2/c1-14(2)22-6-5-17(13-22)24-16-3-4-18-15(11-16)12-19(20-18)21-7-9-23-10-8-21/h3-4,11-12,14,17,20H,5-10,13H2,1-2H3/t17-/m0/s1. The van der Waals surface area contributed by atoms with Crippen LogP contribution in [-0.4, -0.2) is 61.4 Å². The highest BCUT2D eigenvalue weighted by Gasteiger charge is 2.25. The summed E-state index contributed by atoms with van der Waals surface area (Å²) < 4.78 is 11.7. The van der Waals surface area contributed by atoms with Crippen molar-refractivity contribution in [2.24, 2.45) is 0 Å². The van der Waals surface area contributed by atoms with Crippen LogP contribution in [-0.2, 0) is 4.74 Å². The van der Waals surface area contributed by atoms with Crippen LogP contribution in [0.1, 0.15) is 20.3 Å². The van der Waals surface area contributed by atoms with Crippen LogP contribution in [0.15, 0.2) is 24.3 Å². The van der Waals surface area contributed by atoms with E-state index in [4.69, 9.17) is 9.47 Å². The SMILES string of the molecule is CC(C)N1CC[C@H](Oc2ccc3[nH]c(N4CCOCC4)cc3c2)C1. The molecule has 2 aromatic rings. The summed E-state index contributed by atoms with van der Waals surface area (Å²) in [4.78, 5) is 8.35. The molecule has 0 unspecified atom stereocenters. The zero-order valence-electron chi connectivity index (χ0n) is 14.6. The lowest BCUT2D eigenvalue weighted by Crippen LogP contribution is -2.36. The van der Waals surface area contributed by atoms with Crippen molar-refractivity contribution in [3.05, 3.63) is 24.3 Å². The number of aromatic amines is 1. The fraction of sp³-hybridized carbons (Fsp3) is 0.579. The molecule has 3 heterocycles. The molecule has 2 aliphatic heterocycles. The molecule has 24 heavy (non-hydrogen) atoms. The predicted molar refractivity (Wildman–Crippen MR) is 97.1 cm³/mol. The predicted octanol–water partition coefficient (Wildman–Crippen LogP) is 2.87. The minimum atomic E-state index is 0.308. The van der Waals surface area contributed by atoms with Crippen LogP contribution in [0.5, 0.6) is 5.75 Å². The summed E-state index contributed by atoms with van der Waals surface area (Å²) in [5.41, 5.74) is 1.17. The molecule has 0 saturated carbocycles. The van der Waals surface area contributed by atoms with Crippen molar-refractivity contribution in [3.63, 3.8) is 0 Å². The second-order valence-electron chi connectivity index (χ2n) is 7.12. The largest absolute Gasteiger partial charge is 0.489 e. The number of hydrogen-bond donors (Lipinski definition) is 1. The average molecular weight is 329 g/mol. The molecule has 0 aliphatic carbocycles. The fourth-order valence-electron chi connectivity index (χ4n) is 3.65. The zero-order valence-corrected chi connectivity index (χ0v) is 14.6. The third-order valence-electron chi connectivity index (χ3n) is 5.14. The van der Waals surface area contributed by atoms with Gasteiger partial charge in [-0.05, 0) is 44.5 Å². The van der Waals surface area contributed by atoms with Crippen molar-refractivity contribution in [1.29, 1.82) is 0 Å². The third kappa shape index (κ3) is 3.23. The van der Waals surface area contributed by atoms with E-state index in [2.05, 4.69) is 52.9 Å². The average Bonchev–Trinajstić information content (AvgIpc) is 3.22. The highest BCUT2D eigenvalue weighted by molar-refractivity contribution is 5.85. The van der Waals surface area contributed by atoms with Gasteiger partial charge < -0.3 is 19.4 Å². The number of benzene rings is 1. The van der Waals surface area contributed by atoms with Gasteiger partial charge in [0, 0.05) is 43.1 Å². The summed E-state index contributed by atoms with van der Waals surface area (Å²) in [7, 11) is 0. The number of nitrogens with zero attached hydrogens (tertiary/aromatic N) is 2. The molecule has 5 heteroatoms. The van der Waals surface area contributed by atoms with E-state index in [0.29, 0.717) is 12.1 Å². The lowest BCUT2D eigenvalue weighted by Gasteiger charge is -2.27. The van der Waals surface area contributed by atoms with Gasteiger partial charge in [-0.25, -0.2) is 0 Å². The van der Waals surface area contributed by atoms with E-state index in [1.807, 2.05) is 0 Å². The lowest BCUT2D eigenvalue weighted by atomic mass is 10.2. The highest BCUT2D eigenvalue weighted by Crippen LogP contribution is 2.28. The van der Waals surface area contributed by atoms with Crippen LogP contribution in [0.4, 0.5) is 5.82 Å². The quantitative estimate of drug-likeness (QED) is 0.936. The van der Waals surface area contributed by atoms with E-state index in [0.717, 1.165) is 51.6 Å². The molecule has 1 N–H and O–H groups in total. The Morgan fingerprint density at radius 2 is 2.00 bits per heavy atom. The van der Waals surface area contributed by atoms with Crippen LogP contribution in [0.3, 0.4) is 0 Å². The van der Waals surface area contributed by atoms with E-state index in [9.17, 15) is 0 Å². The van der Waals surface area contributed by atoms with Crippen molar-refractivity contribution in [3.8, 4) is 5.75 Å². The summed E-state index contributed by atoms with van der Waals surface area (Å²) >= 11 is 0. The van der Waals surface area contributed by atoms with Crippen molar-refractivity contribution >= 4 is 16.7 Å². The van der Waals surface area contributed by atoms with Crippen molar-refractivity contribution in [2.75, 3.05) is 44.3 Å². The van der Waals surface area contributed by atoms with E-state index >= 15 is 0 Å². The number of aromatic nitrogens is 1. The Kier molecular flexibility index (Phi) is 4.37. The number of likely N-dealkylation sites (tertiary alicyclic amines) is 1. The number of H-pyrrole nitrogens is 1. The van der Waals surface area contributed by atoms with Crippen molar-refractivity contribution in [2.45, 2.75) is 32.4 Å². The van der Waals surface area contributed by atoms with Gasteiger partial charge >= 0.3 is 0 Å². The zero-order chi connectivity index (χ0) is 16.5. The van der Waals surface area contributed by atoms with Crippen LogP contribution in [0, 0.1) is 0 Å². The van der Waals surface area contributed by atoms with E-state index < -0.39 is 0 Å². The molecule has 2 saturated heterocycles. The first-order chi connectivity index (χ1) is 11.7. The Morgan fingerprint density at radius 3 is 2.75 bits per heavy atom. The number of nitrogens with one attached hydrogen (secondary N) is 1. The molecular formula is C19H27N3O2. The number of morpholine rings is 1. The monoisotopic (exact) mass is 329 g/mol. The Hall–Kier alpha value is -1.72. The molecule has 0 radical (unpaired) electrons. The maximum atomic E-state index is 6.23. The van der Waals surface area contributed by atoms with Gasteiger partial charge in [0.1, 0.15) is 17.7 Å². The number of rotatable bonds is 4. The third-order valence-corrected chi connectivity index (χ3v) is 5.14. The topological polar surface area (TPSA) is 40.7 Å². The molecular weight excluding hydrogens is 302 g/mol. The summed E-state index contributed by atoms with van der Waals surface area (Å²) in [5.74, 6) is 2.16. The second kappa shape index (κ2) is 6.65. The highest BCUT2D eigenvalue weighted by atomic mass is 16.5. The van der Waals surface area contributed by atoms with E-state index in [1.54, 1.807) is 0 Å². The van der Waals surface area contributed by atoms with Gasteiger partial charge in [-0.15, -0.1) is 0 Å². The van der Waals surface area contributed by atoms with Gasteiger partial charge in [-0.3, -0.25) is 4.90 Å². The summed E-state index contributed by atoms with van der Waals surface area (Å²) in [5, 5.41) is 1.22. The van der Waals surface area contributed by atoms with Gasteiger partial charge in [-0.2, -0.15) is 0 Å². The maximum absolute atomic E-state index is 6.23. The number of fused-ring (bicyclic) bond motifs is 1. The first-order valence-electron chi connectivity index (χ1n) is 9.05. The Morgan fingerprint density at radius 1 is 1.17 bits per heavy atom. The van der Waals surface area contributed by atoms with Crippen LogP contribution in [0.2, 0.25) is 0 Å². The Bertz CT molecular complexity index is 691. The molecule has 1 aromatic heterocycles. The molecule has 2 fully saturated rings. The molecule has 0 bridgehead atoms. The van der Waals surface area contributed by atoms with Gasteiger partial charge in [0.15, 0.2) is 0 Å². The Balaban J connectivity index is 1.47. The first kappa shape index (κ1) is 15.8. The van der Waals surface area contributed by atoms with E-state index in [1.165, 1.54) is 16.7 Å². The van der Waals surface area contributed by atoms with Crippen LogP contribution >= 0.6 is 0 Å². The van der Waals surface area contributed by atoms with E-state index in [-0.39, 0.29) is 0 Å². The summed E-state index contributed by atoms with van der Waals surface area (Å²) in [6.07, 6.45) is 1.42. The minimum Gasteiger partial charge on any atom is -0.489 e. The van der Waals surface area contributed by atoms with Crippen LogP contribution in [0.25, 0.3) is 10.9 Å². The van der Waals surface area contributed by atoms with Crippen molar-refractivity contribution < 1.29 is 9.47 Å². The summed E-state index contributed by atoms with van der Waals surface area (Å²) in [6, 6.07) is 9.20. The molecule has 1 aromatic carbocycles. The molecule has 0 spiro atoms. The molecule has 4 rings (SSSR count). The summed E-state index contributed by atoms with van der Waals surface area (Å²) in [6.45, 7) is 10.2. The van der Waals surface area contributed by atoms with Crippen molar-refractivity contribution in [1.82, 2.24) is 9.88 Å². The smallest absolute Gasteiger partial charge is 0.120 e. The minimum absolute atomic E-state index is 0.308. The molecule has 0 amide bonds. The fourth-order valence-corrected chi connectivity index (χ4v) is 3.65. The van der Waals surface area contributed by atoms with Gasteiger partial charge in [-0.1, -0.05) is 0 Å². The normalized spacial score (nSPS) is 22.6. The second-order valence-corrected chi connectivity index (χ2v) is 7.12. The number of ether oxygens (including phenoxy) is 2. The molecule has 2 aliphatic rings. The molecule has 5 nitrogen and oxygen atoms in total. The maximum Gasteiger partial charge on any atom is 0.120 e. The first-order valence-corrected chi connectivity index (χ1v) is 9.05. The molecule has 130 valence electrons. The van der Waals surface area contributed by atoms with Crippen LogP contribution < -0.4 is 9.64 Å².